The largest absolute Gasteiger partial charge is 0.458 e. The van der Waals surface area contributed by atoms with Crippen LogP contribution in [0.5, 0.6) is 0 Å². The molecule has 0 radical (unpaired) electrons. The van der Waals surface area contributed by atoms with Gasteiger partial charge in [0.1, 0.15) is 6.10 Å². The normalized spacial score (nSPS) is 18.3. The molecule has 35 heavy (non-hydrogen) atoms. The van der Waals surface area contributed by atoms with Crippen LogP contribution in [0.15, 0.2) is 72.8 Å². The smallest absolute Gasteiger partial charge is 0.408 e. The number of hydrogen-bond acceptors (Lipinski definition) is 5. The molecule has 0 amide bonds. The fraction of sp³-hybridized carbons (Fsp3) is 0.429. The van der Waals surface area contributed by atoms with Crippen LogP contribution in [0.25, 0.3) is 0 Å². The van der Waals surface area contributed by atoms with Crippen LogP contribution in [-0.2, 0) is 18.8 Å². The van der Waals surface area contributed by atoms with Crippen LogP contribution in [0.3, 0.4) is 0 Å². The standard InChI is InChI=1S/C28H37NO5Si/c1-7-32-27(30)25-26(24(33-29(25)31)20-14-15-21(2)3)34-35(28(4,5)6,22-16-10-8-11-17-22)23-18-12-9-13-19-23/h8-13,16-19,24,26H,2,7,14-15,20H2,1,3-6H3/t24-,26-/m0/s1. The Labute approximate surface area is 209 Å². The van der Waals surface area contributed by atoms with Crippen molar-refractivity contribution in [2.24, 2.45) is 0 Å². The van der Waals surface area contributed by atoms with E-state index in [1.54, 1.807) is 6.92 Å². The fourth-order valence-corrected chi connectivity index (χ4v) is 9.39. The summed E-state index contributed by atoms with van der Waals surface area (Å²) in [7, 11) is -3.05. The minimum atomic E-state index is -3.05. The molecule has 0 spiro atoms. The molecule has 0 saturated carbocycles. The third-order valence-electron chi connectivity index (χ3n) is 6.33. The third kappa shape index (κ3) is 5.68. The van der Waals surface area contributed by atoms with Crippen molar-refractivity contribution in [3.63, 3.8) is 0 Å². The van der Waals surface area contributed by atoms with Gasteiger partial charge in [-0.15, -0.1) is 6.58 Å². The molecule has 0 aliphatic carbocycles. The van der Waals surface area contributed by atoms with E-state index in [1.807, 2.05) is 43.3 Å². The minimum Gasteiger partial charge on any atom is -0.458 e. The predicted octanol–water partition coefficient (Wildman–Crippen LogP) is 4.51. The highest BCUT2D eigenvalue weighted by Gasteiger charge is 2.57. The lowest BCUT2D eigenvalue weighted by Gasteiger charge is -2.44. The predicted molar refractivity (Wildman–Crippen MR) is 141 cm³/mol. The maximum Gasteiger partial charge on any atom is 0.408 e. The Kier molecular flexibility index (Phi) is 8.56. The molecule has 0 aromatic heterocycles. The molecular formula is C28H37NO5Si. The first kappa shape index (κ1) is 26.7. The lowest BCUT2D eigenvalue weighted by Crippen LogP contribution is -2.69. The molecular weight excluding hydrogens is 458 g/mol. The Morgan fingerprint density at radius 3 is 2.09 bits per heavy atom. The molecule has 1 aliphatic rings. The summed E-state index contributed by atoms with van der Waals surface area (Å²) in [6.07, 6.45) is 0.664. The van der Waals surface area contributed by atoms with Gasteiger partial charge in [-0.3, -0.25) is 5.21 Å². The fourth-order valence-electron chi connectivity index (χ4n) is 4.73. The van der Waals surface area contributed by atoms with Crippen molar-refractivity contribution < 1.29 is 23.7 Å². The molecule has 6 nitrogen and oxygen atoms in total. The van der Waals surface area contributed by atoms with Gasteiger partial charge < -0.3 is 14.0 Å². The maximum atomic E-state index is 12.9. The van der Waals surface area contributed by atoms with E-state index in [0.717, 1.165) is 28.8 Å². The number of esters is 1. The van der Waals surface area contributed by atoms with Gasteiger partial charge in [0.05, 0.1) is 11.5 Å². The first-order valence-electron chi connectivity index (χ1n) is 12.2. The second-order valence-electron chi connectivity index (χ2n) is 10.1. The highest BCUT2D eigenvalue weighted by atomic mass is 28.4. The maximum absolute atomic E-state index is 12.9. The second kappa shape index (κ2) is 11.2. The van der Waals surface area contributed by atoms with E-state index in [0.29, 0.717) is 11.3 Å². The summed E-state index contributed by atoms with van der Waals surface area (Å²) < 4.78 is 12.4. The summed E-state index contributed by atoms with van der Waals surface area (Å²) in [5.74, 6) is -0.701. The zero-order chi connectivity index (χ0) is 25.6. The van der Waals surface area contributed by atoms with E-state index < -0.39 is 26.5 Å². The Balaban J connectivity index is 2.16. The van der Waals surface area contributed by atoms with Gasteiger partial charge in [0.2, 0.25) is 0 Å². The van der Waals surface area contributed by atoms with Crippen molar-refractivity contribution in [2.45, 2.75) is 71.1 Å². The van der Waals surface area contributed by atoms with E-state index >= 15 is 0 Å². The number of hydrogen-bond donors (Lipinski definition) is 0. The van der Waals surface area contributed by atoms with Gasteiger partial charge in [0, 0.05) is 0 Å². The third-order valence-corrected chi connectivity index (χ3v) is 11.3. The van der Waals surface area contributed by atoms with Crippen molar-refractivity contribution in [2.75, 3.05) is 6.61 Å². The average Bonchev–Trinajstić information content (AvgIpc) is 3.12. The summed E-state index contributed by atoms with van der Waals surface area (Å²) in [5.41, 5.74) is 0.932. The molecule has 188 valence electrons. The highest BCUT2D eigenvalue weighted by molar-refractivity contribution is 6.99. The number of rotatable bonds is 10. The number of allylic oxidation sites excluding steroid dienone is 1. The summed E-state index contributed by atoms with van der Waals surface area (Å²) in [6.45, 7) is 14.3. The molecule has 2 aromatic carbocycles. The number of benzene rings is 2. The lowest BCUT2D eigenvalue weighted by molar-refractivity contribution is -0.740. The van der Waals surface area contributed by atoms with Gasteiger partial charge in [-0.05, 0) is 48.5 Å². The highest BCUT2D eigenvalue weighted by Crippen LogP contribution is 2.39. The molecule has 0 unspecified atom stereocenters. The molecule has 0 N–H and O–H groups in total. The first-order valence-corrected chi connectivity index (χ1v) is 14.1. The van der Waals surface area contributed by atoms with Crippen molar-refractivity contribution in [1.82, 2.24) is 0 Å². The Hall–Kier alpha value is -2.90. The molecule has 7 heteroatoms. The summed E-state index contributed by atoms with van der Waals surface area (Å²) in [6, 6.07) is 20.3. The first-order chi connectivity index (χ1) is 16.6. The van der Waals surface area contributed by atoms with Gasteiger partial charge in [-0.2, -0.15) is 0 Å². The number of carbonyl (C=O) groups excluding carboxylic acids is 1. The molecule has 0 saturated heterocycles. The Bertz CT molecular complexity index is 1010. The van der Waals surface area contributed by atoms with E-state index in [1.165, 1.54) is 0 Å². The van der Waals surface area contributed by atoms with Crippen molar-refractivity contribution in [1.29, 1.82) is 0 Å². The molecule has 2 atom stereocenters. The van der Waals surface area contributed by atoms with Crippen LogP contribution in [0.2, 0.25) is 5.04 Å². The average molecular weight is 496 g/mol. The van der Waals surface area contributed by atoms with Crippen LogP contribution in [0, 0.1) is 5.21 Å². The van der Waals surface area contributed by atoms with Crippen LogP contribution in [0.4, 0.5) is 0 Å². The van der Waals surface area contributed by atoms with Gasteiger partial charge in [0.15, 0.2) is 6.10 Å². The zero-order valence-corrected chi connectivity index (χ0v) is 22.5. The van der Waals surface area contributed by atoms with Gasteiger partial charge in [0.25, 0.3) is 8.32 Å². The summed E-state index contributed by atoms with van der Waals surface area (Å²) in [5, 5.41) is 14.7. The SMILES string of the molecule is C=C(C)CCC[C@@H]1O[N+]([O-])=C(C(=O)OCC)[C@H]1O[Si](c1ccccc1)(c1ccccc1)C(C)(C)C. The van der Waals surface area contributed by atoms with E-state index in [4.69, 9.17) is 14.0 Å². The van der Waals surface area contributed by atoms with Crippen molar-refractivity contribution >= 4 is 30.4 Å². The molecule has 3 rings (SSSR count). The quantitative estimate of drug-likeness (QED) is 0.210. The summed E-state index contributed by atoms with van der Waals surface area (Å²) >= 11 is 0. The number of nitrogens with zero attached hydrogens (tertiary/aromatic N) is 1. The van der Waals surface area contributed by atoms with Crippen molar-refractivity contribution in [3.05, 3.63) is 78.0 Å². The van der Waals surface area contributed by atoms with E-state index in [9.17, 15) is 10.0 Å². The molecule has 2 aromatic rings. The molecule has 0 bridgehead atoms. The Morgan fingerprint density at radius 1 is 1.09 bits per heavy atom. The Morgan fingerprint density at radius 2 is 1.63 bits per heavy atom. The van der Waals surface area contributed by atoms with Crippen LogP contribution in [-0.4, -0.2) is 43.7 Å². The van der Waals surface area contributed by atoms with E-state index in [2.05, 4.69) is 51.6 Å². The van der Waals surface area contributed by atoms with Crippen LogP contribution >= 0.6 is 0 Å². The van der Waals surface area contributed by atoms with Crippen LogP contribution in [0.1, 0.15) is 53.9 Å². The van der Waals surface area contributed by atoms with Gasteiger partial charge >= 0.3 is 11.7 Å². The monoisotopic (exact) mass is 495 g/mol. The number of ether oxygens (including phenoxy) is 1. The molecule has 1 aliphatic heterocycles. The number of carbonyl (C=O) groups is 1. The van der Waals surface area contributed by atoms with Crippen LogP contribution < -0.4 is 10.4 Å². The molecule has 0 fully saturated rings. The minimum absolute atomic E-state index is 0.125. The lowest BCUT2D eigenvalue weighted by atomic mass is 10.0. The van der Waals surface area contributed by atoms with Crippen molar-refractivity contribution in [3.8, 4) is 0 Å². The van der Waals surface area contributed by atoms with Gasteiger partial charge in [-0.1, -0.05) is 87.0 Å². The van der Waals surface area contributed by atoms with Gasteiger partial charge in [-0.25, -0.2) is 4.79 Å². The van der Waals surface area contributed by atoms with E-state index in [-0.39, 0.29) is 17.4 Å². The molecule has 1 heterocycles. The second-order valence-corrected chi connectivity index (χ2v) is 14.3. The summed E-state index contributed by atoms with van der Waals surface area (Å²) in [4.78, 5) is 18.9. The topological polar surface area (TPSA) is 70.8 Å². The zero-order valence-electron chi connectivity index (χ0n) is 21.5.